The van der Waals surface area contributed by atoms with Crippen LogP contribution in [0.3, 0.4) is 0 Å². The van der Waals surface area contributed by atoms with E-state index < -0.39 is 0 Å². The Morgan fingerprint density at radius 1 is 1.18 bits per heavy atom. The Morgan fingerprint density at radius 2 is 1.82 bits per heavy atom. The Labute approximate surface area is 75.7 Å². The van der Waals surface area contributed by atoms with Crippen molar-refractivity contribution >= 4 is 11.6 Å². The van der Waals surface area contributed by atoms with Crippen LogP contribution >= 0.6 is 11.6 Å². The summed E-state index contributed by atoms with van der Waals surface area (Å²) in [5.41, 5.74) is 0.229. The molecule has 0 rings (SSSR count). The SMILES string of the molecule is CCCCCCC(Cl)N(C)C. The van der Waals surface area contributed by atoms with Crippen molar-refractivity contribution in [2.75, 3.05) is 14.1 Å². The first-order valence-electron chi connectivity index (χ1n) is 4.49. The van der Waals surface area contributed by atoms with E-state index in [0.29, 0.717) is 0 Å². The van der Waals surface area contributed by atoms with Gasteiger partial charge in [-0.15, -0.1) is 11.6 Å². The summed E-state index contributed by atoms with van der Waals surface area (Å²) in [6.07, 6.45) is 6.36. The van der Waals surface area contributed by atoms with E-state index in [-0.39, 0.29) is 5.50 Å². The minimum absolute atomic E-state index is 0.229. The fourth-order valence-corrected chi connectivity index (χ4v) is 1.15. The van der Waals surface area contributed by atoms with Gasteiger partial charge in [0.2, 0.25) is 0 Å². The van der Waals surface area contributed by atoms with Crippen LogP contribution in [-0.4, -0.2) is 24.5 Å². The molecule has 0 aliphatic rings. The lowest BCUT2D eigenvalue weighted by molar-refractivity contribution is 0.351. The smallest absolute Gasteiger partial charge is 0.0845 e. The average molecular weight is 178 g/mol. The number of halogens is 1. The van der Waals surface area contributed by atoms with Crippen molar-refractivity contribution < 1.29 is 0 Å². The molecule has 1 atom stereocenters. The molecule has 2 heteroatoms. The molecule has 0 aromatic carbocycles. The lowest BCUT2D eigenvalue weighted by Gasteiger charge is -2.16. The highest BCUT2D eigenvalue weighted by atomic mass is 35.5. The Hall–Kier alpha value is 0.250. The quantitative estimate of drug-likeness (QED) is 0.343. The van der Waals surface area contributed by atoms with Crippen LogP contribution in [0.1, 0.15) is 39.0 Å². The molecule has 0 aliphatic heterocycles. The molecule has 0 radical (unpaired) electrons. The number of rotatable bonds is 6. The van der Waals surface area contributed by atoms with Crippen molar-refractivity contribution in [2.45, 2.75) is 44.5 Å². The average Bonchev–Trinajstić information content (AvgIpc) is 1.97. The van der Waals surface area contributed by atoms with Gasteiger partial charge < -0.3 is 0 Å². The zero-order valence-corrected chi connectivity index (χ0v) is 8.69. The third-order valence-electron chi connectivity index (χ3n) is 1.86. The summed E-state index contributed by atoms with van der Waals surface area (Å²) in [7, 11) is 4.05. The van der Waals surface area contributed by atoms with E-state index in [1.54, 1.807) is 0 Å². The molecule has 0 saturated heterocycles. The lowest BCUT2D eigenvalue weighted by atomic mass is 10.1. The van der Waals surface area contributed by atoms with Gasteiger partial charge in [0, 0.05) is 0 Å². The maximum absolute atomic E-state index is 6.02. The summed E-state index contributed by atoms with van der Waals surface area (Å²) >= 11 is 6.02. The highest BCUT2D eigenvalue weighted by Crippen LogP contribution is 2.11. The van der Waals surface area contributed by atoms with E-state index in [1.165, 1.54) is 25.7 Å². The minimum atomic E-state index is 0.229. The number of nitrogens with zero attached hydrogens (tertiary/aromatic N) is 1. The Kier molecular flexibility index (Phi) is 7.09. The summed E-state index contributed by atoms with van der Waals surface area (Å²) in [6.45, 7) is 2.23. The molecule has 68 valence electrons. The molecular weight excluding hydrogens is 158 g/mol. The fraction of sp³-hybridized carbons (Fsp3) is 1.00. The Bertz CT molecular complexity index is 83.6. The van der Waals surface area contributed by atoms with Gasteiger partial charge in [0.15, 0.2) is 0 Å². The summed E-state index contributed by atoms with van der Waals surface area (Å²) in [5.74, 6) is 0. The van der Waals surface area contributed by atoms with Crippen LogP contribution in [0.4, 0.5) is 0 Å². The molecule has 0 N–H and O–H groups in total. The zero-order chi connectivity index (χ0) is 8.69. The highest BCUT2D eigenvalue weighted by molar-refractivity contribution is 6.20. The molecule has 0 aromatic heterocycles. The number of alkyl halides is 1. The summed E-state index contributed by atoms with van der Waals surface area (Å²) in [5, 5.41) is 0. The molecule has 0 fully saturated rings. The second-order valence-electron chi connectivity index (χ2n) is 3.25. The van der Waals surface area contributed by atoms with Crippen LogP contribution in [0, 0.1) is 0 Å². The monoisotopic (exact) mass is 177 g/mol. The molecule has 1 unspecified atom stereocenters. The predicted molar refractivity (Wildman–Crippen MR) is 52.1 cm³/mol. The van der Waals surface area contributed by atoms with Gasteiger partial charge in [-0.25, -0.2) is 0 Å². The Balaban J connectivity index is 3.10. The van der Waals surface area contributed by atoms with Gasteiger partial charge in [-0.2, -0.15) is 0 Å². The van der Waals surface area contributed by atoms with Crippen LogP contribution in [0.2, 0.25) is 0 Å². The van der Waals surface area contributed by atoms with Gasteiger partial charge in [-0.05, 0) is 20.5 Å². The molecule has 11 heavy (non-hydrogen) atoms. The van der Waals surface area contributed by atoms with E-state index in [1.807, 2.05) is 14.1 Å². The van der Waals surface area contributed by atoms with Crippen molar-refractivity contribution in [3.63, 3.8) is 0 Å². The molecule has 1 nitrogen and oxygen atoms in total. The van der Waals surface area contributed by atoms with Crippen molar-refractivity contribution in [3.8, 4) is 0 Å². The molecular formula is C9H20ClN. The lowest BCUT2D eigenvalue weighted by Crippen LogP contribution is -2.21. The van der Waals surface area contributed by atoms with Gasteiger partial charge in [0.1, 0.15) is 0 Å². The van der Waals surface area contributed by atoms with E-state index in [9.17, 15) is 0 Å². The first-order chi connectivity index (χ1) is 5.18. The minimum Gasteiger partial charge on any atom is -0.294 e. The van der Waals surface area contributed by atoms with Crippen molar-refractivity contribution in [1.29, 1.82) is 0 Å². The normalized spacial score (nSPS) is 13.9. The van der Waals surface area contributed by atoms with E-state index in [4.69, 9.17) is 11.6 Å². The van der Waals surface area contributed by atoms with Crippen LogP contribution in [0.25, 0.3) is 0 Å². The van der Waals surface area contributed by atoms with E-state index in [0.717, 1.165) is 6.42 Å². The van der Waals surface area contributed by atoms with Crippen LogP contribution in [0.15, 0.2) is 0 Å². The van der Waals surface area contributed by atoms with E-state index >= 15 is 0 Å². The molecule has 0 aliphatic carbocycles. The second-order valence-corrected chi connectivity index (χ2v) is 3.75. The van der Waals surface area contributed by atoms with Crippen LogP contribution in [-0.2, 0) is 0 Å². The van der Waals surface area contributed by atoms with Gasteiger partial charge >= 0.3 is 0 Å². The molecule has 0 aromatic rings. The highest BCUT2D eigenvalue weighted by Gasteiger charge is 2.04. The molecule has 0 amide bonds. The first-order valence-corrected chi connectivity index (χ1v) is 4.92. The maximum atomic E-state index is 6.02. The fourth-order valence-electron chi connectivity index (χ4n) is 0.998. The van der Waals surface area contributed by atoms with Crippen LogP contribution in [0.5, 0.6) is 0 Å². The molecule has 0 saturated carbocycles. The molecule has 0 heterocycles. The predicted octanol–water partition coefficient (Wildman–Crippen LogP) is 3.08. The van der Waals surface area contributed by atoms with Gasteiger partial charge in [-0.3, -0.25) is 4.90 Å². The zero-order valence-electron chi connectivity index (χ0n) is 7.94. The van der Waals surface area contributed by atoms with Gasteiger partial charge in [-0.1, -0.05) is 32.6 Å². The number of hydrogen-bond donors (Lipinski definition) is 0. The maximum Gasteiger partial charge on any atom is 0.0845 e. The van der Waals surface area contributed by atoms with Crippen LogP contribution < -0.4 is 0 Å². The molecule has 0 bridgehead atoms. The third kappa shape index (κ3) is 6.64. The first kappa shape index (κ1) is 11.2. The number of unbranched alkanes of at least 4 members (excludes halogenated alkanes) is 3. The van der Waals surface area contributed by atoms with Gasteiger partial charge in [0.05, 0.1) is 5.50 Å². The molecule has 0 spiro atoms. The van der Waals surface area contributed by atoms with Crippen molar-refractivity contribution in [3.05, 3.63) is 0 Å². The van der Waals surface area contributed by atoms with E-state index in [2.05, 4.69) is 11.8 Å². The number of hydrogen-bond acceptors (Lipinski definition) is 1. The standard InChI is InChI=1S/C9H20ClN/c1-4-5-6-7-8-9(10)11(2)3/h9H,4-8H2,1-3H3. The largest absolute Gasteiger partial charge is 0.294 e. The second kappa shape index (κ2) is 6.93. The Morgan fingerprint density at radius 3 is 2.27 bits per heavy atom. The third-order valence-corrected chi connectivity index (χ3v) is 2.46. The van der Waals surface area contributed by atoms with Crippen molar-refractivity contribution in [1.82, 2.24) is 4.90 Å². The van der Waals surface area contributed by atoms with Gasteiger partial charge in [0.25, 0.3) is 0 Å². The summed E-state index contributed by atoms with van der Waals surface area (Å²) in [4.78, 5) is 2.06. The summed E-state index contributed by atoms with van der Waals surface area (Å²) < 4.78 is 0. The van der Waals surface area contributed by atoms with Crippen molar-refractivity contribution in [2.24, 2.45) is 0 Å². The summed E-state index contributed by atoms with van der Waals surface area (Å²) in [6, 6.07) is 0. The topological polar surface area (TPSA) is 3.24 Å².